The Hall–Kier alpha value is -2.97. The van der Waals surface area contributed by atoms with Crippen molar-refractivity contribution in [1.29, 1.82) is 0 Å². The van der Waals surface area contributed by atoms with E-state index < -0.39 is 0 Å². The van der Waals surface area contributed by atoms with Gasteiger partial charge in [0.25, 0.3) is 5.91 Å². The van der Waals surface area contributed by atoms with E-state index in [1.807, 2.05) is 56.4 Å². The Balaban J connectivity index is 1.59. The van der Waals surface area contributed by atoms with Crippen LogP contribution in [0.15, 0.2) is 53.7 Å². The van der Waals surface area contributed by atoms with Crippen molar-refractivity contribution < 1.29 is 14.3 Å². The maximum Gasteiger partial charge on any atom is 0.251 e. The number of carbonyl (C=O) groups is 1. The molecule has 0 saturated carbocycles. The molecule has 0 bridgehead atoms. The summed E-state index contributed by atoms with van der Waals surface area (Å²) in [4.78, 5) is 23.6. The van der Waals surface area contributed by atoms with E-state index in [4.69, 9.17) is 26.1 Å². The largest absolute Gasteiger partial charge is 0.493 e. The molecule has 198 valence electrons. The Kier molecular flexibility index (Phi) is 10.5. The summed E-state index contributed by atoms with van der Waals surface area (Å²) < 4.78 is 10.7. The fourth-order valence-corrected chi connectivity index (χ4v) is 4.49. The van der Waals surface area contributed by atoms with Crippen LogP contribution in [-0.4, -0.2) is 49.7 Å². The number of rotatable bonds is 12. The van der Waals surface area contributed by atoms with E-state index in [0.29, 0.717) is 39.0 Å². The van der Waals surface area contributed by atoms with Crippen LogP contribution in [0, 0.1) is 5.92 Å². The molecule has 0 aliphatic heterocycles. The second-order valence-electron chi connectivity index (χ2n) is 9.18. The third-order valence-electron chi connectivity index (χ3n) is 6.18. The molecule has 1 atom stereocenters. The van der Waals surface area contributed by atoms with Gasteiger partial charge in [0.2, 0.25) is 0 Å². The van der Waals surface area contributed by atoms with Crippen molar-refractivity contribution in [2.24, 2.45) is 5.92 Å². The smallest absolute Gasteiger partial charge is 0.251 e. The number of methoxy groups -OCH3 is 2. The molecular formula is C28H35ClN4O3S. The van der Waals surface area contributed by atoms with Crippen molar-refractivity contribution >= 4 is 35.1 Å². The number of hydrogen-bond donors (Lipinski definition) is 1. The minimum absolute atomic E-state index is 0.0562. The van der Waals surface area contributed by atoms with Crippen LogP contribution in [0.1, 0.15) is 42.3 Å². The minimum atomic E-state index is -0.0562. The summed E-state index contributed by atoms with van der Waals surface area (Å²) in [6.07, 6.45) is 0.802. The Labute approximate surface area is 228 Å². The van der Waals surface area contributed by atoms with Gasteiger partial charge in [0.15, 0.2) is 16.7 Å². The molecule has 1 heterocycles. The second-order valence-corrected chi connectivity index (χ2v) is 10.5. The lowest BCUT2D eigenvalue weighted by Gasteiger charge is -2.19. The number of carbonyl (C=O) groups excluding carboxylic acids is 1. The topological polar surface area (TPSA) is 76.6 Å². The standard InChI is InChI=1S/C28H35ClN4O3S/c1-18(2)19(3)30-27(34)22-10-7-21(8-11-22)17-37-28-31-25(29)16-26(32-28)33(4)14-13-20-9-12-23(35-5)24(15-20)36-6/h7-12,15-16,18-19H,13-14,17H2,1-6H3,(H,30,34). The number of amides is 1. The first kappa shape index (κ1) is 28.6. The number of halogens is 1. The lowest BCUT2D eigenvalue weighted by Crippen LogP contribution is -2.36. The number of aromatic nitrogens is 2. The third-order valence-corrected chi connectivity index (χ3v) is 7.29. The molecule has 9 heteroatoms. The Morgan fingerprint density at radius 2 is 1.68 bits per heavy atom. The first-order valence-corrected chi connectivity index (χ1v) is 13.6. The summed E-state index contributed by atoms with van der Waals surface area (Å²) >= 11 is 7.83. The summed E-state index contributed by atoms with van der Waals surface area (Å²) in [5.41, 5.74) is 2.86. The molecule has 0 aliphatic carbocycles. The van der Waals surface area contributed by atoms with Crippen molar-refractivity contribution in [2.45, 2.75) is 44.1 Å². The van der Waals surface area contributed by atoms with Crippen molar-refractivity contribution in [2.75, 3.05) is 32.7 Å². The maximum atomic E-state index is 12.4. The predicted molar refractivity (Wildman–Crippen MR) is 151 cm³/mol. The zero-order valence-corrected chi connectivity index (χ0v) is 23.8. The number of benzene rings is 2. The summed E-state index contributed by atoms with van der Waals surface area (Å²) in [5, 5.41) is 4.04. The lowest BCUT2D eigenvalue weighted by molar-refractivity contribution is 0.0930. The number of hydrogen-bond acceptors (Lipinski definition) is 7. The van der Waals surface area contributed by atoms with Gasteiger partial charge >= 0.3 is 0 Å². The highest BCUT2D eigenvalue weighted by molar-refractivity contribution is 7.98. The molecule has 3 rings (SSSR count). The number of anilines is 1. The molecule has 0 radical (unpaired) electrons. The molecule has 0 fully saturated rings. The van der Waals surface area contributed by atoms with Crippen LogP contribution in [-0.2, 0) is 12.2 Å². The fourth-order valence-electron chi connectivity index (χ4n) is 3.45. The SMILES string of the molecule is COc1ccc(CCN(C)c2cc(Cl)nc(SCc3ccc(C(=O)NC(C)C(C)C)cc3)n2)cc1OC. The van der Waals surface area contributed by atoms with E-state index in [2.05, 4.69) is 29.0 Å². The molecule has 0 spiro atoms. The molecule has 1 amide bonds. The van der Waals surface area contributed by atoms with Gasteiger partial charge in [-0.05, 0) is 54.7 Å². The molecule has 1 N–H and O–H groups in total. The predicted octanol–water partition coefficient (Wildman–Crippen LogP) is 5.89. The third kappa shape index (κ3) is 8.27. The first-order valence-electron chi connectivity index (χ1n) is 12.2. The van der Waals surface area contributed by atoms with E-state index in [0.717, 1.165) is 29.9 Å². The van der Waals surface area contributed by atoms with Gasteiger partial charge in [0.05, 0.1) is 14.2 Å². The van der Waals surface area contributed by atoms with Gasteiger partial charge in [-0.15, -0.1) is 0 Å². The van der Waals surface area contributed by atoms with Crippen LogP contribution in [0.5, 0.6) is 11.5 Å². The van der Waals surface area contributed by atoms with Gasteiger partial charge < -0.3 is 19.7 Å². The highest BCUT2D eigenvalue weighted by Gasteiger charge is 2.13. The lowest BCUT2D eigenvalue weighted by atomic mass is 10.1. The van der Waals surface area contributed by atoms with Crippen LogP contribution in [0.2, 0.25) is 5.15 Å². The summed E-state index contributed by atoms with van der Waals surface area (Å²) in [6.45, 7) is 6.93. The number of nitrogens with zero attached hydrogens (tertiary/aromatic N) is 3. The van der Waals surface area contributed by atoms with E-state index >= 15 is 0 Å². The van der Waals surface area contributed by atoms with Gasteiger partial charge in [0.1, 0.15) is 11.0 Å². The zero-order chi connectivity index (χ0) is 26.9. The van der Waals surface area contributed by atoms with Gasteiger partial charge in [-0.25, -0.2) is 9.97 Å². The number of ether oxygens (including phenoxy) is 2. The monoisotopic (exact) mass is 542 g/mol. The Morgan fingerprint density at radius 1 is 1.00 bits per heavy atom. The van der Waals surface area contributed by atoms with Crippen molar-refractivity contribution in [3.8, 4) is 11.5 Å². The summed E-state index contributed by atoms with van der Waals surface area (Å²) in [7, 11) is 5.25. The van der Waals surface area contributed by atoms with E-state index in [1.165, 1.54) is 11.8 Å². The molecule has 2 aromatic carbocycles. The van der Waals surface area contributed by atoms with E-state index in [1.54, 1.807) is 20.3 Å². The Morgan fingerprint density at radius 3 is 2.32 bits per heavy atom. The molecule has 0 aliphatic rings. The average molecular weight is 543 g/mol. The summed E-state index contributed by atoms with van der Waals surface area (Å²) in [5.74, 6) is 3.17. The Bertz CT molecular complexity index is 1190. The quantitative estimate of drug-likeness (QED) is 0.174. The number of thioether (sulfide) groups is 1. The molecule has 0 saturated heterocycles. The molecular weight excluding hydrogens is 508 g/mol. The van der Waals surface area contributed by atoms with Gasteiger partial charge in [-0.3, -0.25) is 4.79 Å². The van der Waals surface area contributed by atoms with Crippen LogP contribution >= 0.6 is 23.4 Å². The maximum absolute atomic E-state index is 12.4. The molecule has 1 aromatic heterocycles. The molecule has 37 heavy (non-hydrogen) atoms. The van der Waals surface area contributed by atoms with Crippen molar-refractivity contribution in [1.82, 2.24) is 15.3 Å². The van der Waals surface area contributed by atoms with Crippen LogP contribution in [0.25, 0.3) is 0 Å². The minimum Gasteiger partial charge on any atom is -0.493 e. The van der Waals surface area contributed by atoms with Crippen LogP contribution < -0.4 is 19.7 Å². The average Bonchev–Trinajstić information content (AvgIpc) is 2.90. The van der Waals surface area contributed by atoms with E-state index in [9.17, 15) is 4.79 Å². The first-order chi connectivity index (χ1) is 17.7. The van der Waals surface area contributed by atoms with Crippen molar-refractivity contribution in [3.63, 3.8) is 0 Å². The van der Waals surface area contributed by atoms with Crippen LogP contribution in [0.4, 0.5) is 5.82 Å². The van der Waals surface area contributed by atoms with Crippen molar-refractivity contribution in [3.05, 3.63) is 70.4 Å². The fraction of sp³-hybridized carbons (Fsp3) is 0.393. The molecule has 1 unspecified atom stereocenters. The summed E-state index contributed by atoms with van der Waals surface area (Å²) in [6, 6.07) is 15.4. The number of likely N-dealkylation sites (N-methyl/N-ethyl adjacent to an activating group) is 1. The molecule has 7 nitrogen and oxygen atoms in total. The van der Waals surface area contributed by atoms with Gasteiger partial charge in [0, 0.05) is 37.0 Å². The molecule has 3 aromatic rings. The zero-order valence-electron chi connectivity index (χ0n) is 22.2. The van der Waals surface area contributed by atoms with Gasteiger partial charge in [-0.2, -0.15) is 0 Å². The normalized spacial score (nSPS) is 11.8. The number of nitrogens with one attached hydrogen (secondary N) is 1. The van der Waals surface area contributed by atoms with Crippen LogP contribution in [0.3, 0.4) is 0 Å². The van der Waals surface area contributed by atoms with E-state index in [-0.39, 0.29) is 11.9 Å². The second kappa shape index (κ2) is 13.5. The van der Waals surface area contributed by atoms with Gasteiger partial charge in [-0.1, -0.05) is 55.4 Å². The highest BCUT2D eigenvalue weighted by atomic mass is 35.5. The highest BCUT2D eigenvalue weighted by Crippen LogP contribution is 2.28.